The van der Waals surface area contributed by atoms with Crippen molar-refractivity contribution in [3.8, 4) is 0 Å². The van der Waals surface area contributed by atoms with Crippen molar-refractivity contribution < 1.29 is 9.53 Å². The lowest BCUT2D eigenvalue weighted by Gasteiger charge is -2.17. The first-order valence-corrected chi connectivity index (χ1v) is 7.39. The summed E-state index contributed by atoms with van der Waals surface area (Å²) in [6.45, 7) is 5.22. The number of likely N-dealkylation sites (tertiary alicyclic amines) is 1. The number of nitrogens with zero attached hydrogens (tertiary/aromatic N) is 1. The molecule has 0 radical (unpaired) electrons. The van der Waals surface area contributed by atoms with E-state index in [4.69, 9.17) is 10.5 Å². The number of nitrogens with two attached hydrogens (primary N) is 1. The maximum atomic E-state index is 12.2. The van der Waals surface area contributed by atoms with Crippen LogP contribution in [0, 0.1) is 5.92 Å². The Morgan fingerprint density at radius 2 is 2.25 bits per heavy atom. The maximum absolute atomic E-state index is 12.2. The second kappa shape index (κ2) is 7.29. The fourth-order valence-corrected chi connectivity index (χ4v) is 2.64. The normalized spacial score (nSPS) is 18.4. The lowest BCUT2D eigenvalue weighted by Crippen LogP contribution is -2.29. The molecule has 1 atom stereocenters. The van der Waals surface area contributed by atoms with Gasteiger partial charge in [0.1, 0.15) is 0 Å². The van der Waals surface area contributed by atoms with E-state index in [-0.39, 0.29) is 5.91 Å². The third kappa shape index (κ3) is 3.97. The van der Waals surface area contributed by atoms with Crippen molar-refractivity contribution >= 4 is 11.6 Å². The molecule has 2 N–H and O–H groups in total. The maximum Gasteiger partial charge on any atom is 0.222 e. The molecule has 0 aromatic heterocycles. The molecule has 110 valence electrons. The number of hydrogen-bond donors (Lipinski definition) is 1. The van der Waals surface area contributed by atoms with Gasteiger partial charge in [-0.3, -0.25) is 4.79 Å². The average Bonchev–Trinajstić information content (AvgIpc) is 2.93. The van der Waals surface area contributed by atoms with Crippen LogP contribution in [0.1, 0.15) is 25.3 Å². The lowest BCUT2D eigenvalue weighted by atomic mass is 10.1. The summed E-state index contributed by atoms with van der Waals surface area (Å²) in [7, 11) is 0. The Morgan fingerprint density at radius 1 is 1.45 bits per heavy atom. The third-order valence-electron chi connectivity index (χ3n) is 3.86. The van der Waals surface area contributed by atoms with E-state index in [0.29, 0.717) is 12.3 Å². The Morgan fingerprint density at radius 3 is 3.00 bits per heavy atom. The van der Waals surface area contributed by atoms with E-state index < -0.39 is 0 Å². The van der Waals surface area contributed by atoms with Crippen molar-refractivity contribution in [3.63, 3.8) is 0 Å². The van der Waals surface area contributed by atoms with E-state index in [9.17, 15) is 4.79 Å². The van der Waals surface area contributed by atoms with Gasteiger partial charge in [-0.25, -0.2) is 0 Å². The molecule has 1 heterocycles. The second-order valence-electron chi connectivity index (χ2n) is 5.35. The van der Waals surface area contributed by atoms with E-state index in [0.717, 1.165) is 50.4 Å². The van der Waals surface area contributed by atoms with E-state index in [1.54, 1.807) is 0 Å². The standard InChI is InChI=1S/C16H24N2O2/c1-2-20-12-13-9-10-18(11-13)16(19)8-7-14-5-3-4-6-15(14)17/h3-6,13H,2,7-12,17H2,1H3. The number of aryl methyl sites for hydroxylation is 1. The first-order valence-electron chi connectivity index (χ1n) is 7.39. The summed E-state index contributed by atoms with van der Waals surface area (Å²) in [5.74, 6) is 0.730. The minimum absolute atomic E-state index is 0.229. The monoisotopic (exact) mass is 276 g/mol. The van der Waals surface area contributed by atoms with Crippen LogP contribution in [-0.2, 0) is 16.0 Å². The summed E-state index contributed by atoms with van der Waals surface area (Å²) in [5, 5.41) is 0. The number of carbonyl (C=O) groups is 1. The van der Waals surface area contributed by atoms with E-state index >= 15 is 0 Å². The molecule has 1 aliphatic rings. The minimum atomic E-state index is 0.229. The molecule has 0 aliphatic carbocycles. The molecule has 4 nitrogen and oxygen atoms in total. The smallest absolute Gasteiger partial charge is 0.222 e. The summed E-state index contributed by atoms with van der Waals surface area (Å²) in [6, 6.07) is 7.75. The van der Waals surface area contributed by atoms with Gasteiger partial charge < -0.3 is 15.4 Å². The summed E-state index contributed by atoms with van der Waals surface area (Å²) in [5.41, 5.74) is 7.73. The molecule has 1 aromatic carbocycles. The topological polar surface area (TPSA) is 55.6 Å². The molecule has 2 rings (SSSR count). The van der Waals surface area contributed by atoms with Crippen LogP contribution in [0.4, 0.5) is 5.69 Å². The Kier molecular flexibility index (Phi) is 5.41. The van der Waals surface area contributed by atoms with Gasteiger partial charge in [0, 0.05) is 37.7 Å². The van der Waals surface area contributed by atoms with Crippen molar-refractivity contribution in [1.82, 2.24) is 4.90 Å². The van der Waals surface area contributed by atoms with Crippen LogP contribution < -0.4 is 5.73 Å². The highest BCUT2D eigenvalue weighted by Gasteiger charge is 2.25. The van der Waals surface area contributed by atoms with Gasteiger partial charge in [-0.1, -0.05) is 18.2 Å². The minimum Gasteiger partial charge on any atom is -0.399 e. The number of nitrogen functional groups attached to an aromatic ring is 1. The molecule has 0 saturated carbocycles. The zero-order valence-corrected chi connectivity index (χ0v) is 12.2. The number of anilines is 1. The molecule has 1 saturated heterocycles. The summed E-state index contributed by atoms with van der Waals surface area (Å²) < 4.78 is 5.44. The van der Waals surface area contributed by atoms with E-state index in [2.05, 4.69) is 0 Å². The van der Waals surface area contributed by atoms with Gasteiger partial charge in [-0.15, -0.1) is 0 Å². The number of hydrogen-bond acceptors (Lipinski definition) is 3. The van der Waals surface area contributed by atoms with Crippen molar-refractivity contribution in [2.75, 3.05) is 32.0 Å². The van der Waals surface area contributed by atoms with Crippen LogP contribution in [0.5, 0.6) is 0 Å². The van der Waals surface area contributed by atoms with Crippen molar-refractivity contribution in [3.05, 3.63) is 29.8 Å². The van der Waals surface area contributed by atoms with Crippen molar-refractivity contribution in [2.24, 2.45) is 5.92 Å². The highest BCUT2D eigenvalue weighted by Crippen LogP contribution is 2.19. The summed E-state index contributed by atoms with van der Waals surface area (Å²) in [4.78, 5) is 14.2. The molecule has 0 spiro atoms. The van der Waals surface area contributed by atoms with Crippen molar-refractivity contribution in [2.45, 2.75) is 26.2 Å². The largest absolute Gasteiger partial charge is 0.399 e. The number of rotatable bonds is 6. The summed E-state index contributed by atoms with van der Waals surface area (Å²) >= 11 is 0. The SMILES string of the molecule is CCOCC1CCN(C(=O)CCc2ccccc2N)C1. The molecule has 1 fully saturated rings. The van der Waals surface area contributed by atoms with Crippen LogP contribution in [-0.4, -0.2) is 37.1 Å². The Bertz CT molecular complexity index is 448. The zero-order valence-electron chi connectivity index (χ0n) is 12.2. The van der Waals surface area contributed by atoms with E-state index in [1.807, 2.05) is 36.1 Å². The first kappa shape index (κ1) is 14.9. The van der Waals surface area contributed by atoms with Gasteiger partial charge in [0.2, 0.25) is 5.91 Å². The van der Waals surface area contributed by atoms with Gasteiger partial charge in [0.25, 0.3) is 0 Å². The van der Waals surface area contributed by atoms with Crippen LogP contribution >= 0.6 is 0 Å². The predicted octanol–water partition coefficient (Wildman–Crippen LogP) is 2.09. The molecule has 4 heteroatoms. The van der Waals surface area contributed by atoms with Gasteiger partial charge in [0.05, 0.1) is 6.61 Å². The Balaban J connectivity index is 1.77. The number of carbonyl (C=O) groups excluding carboxylic acids is 1. The van der Waals surface area contributed by atoms with E-state index in [1.165, 1.54) is 0 Å². The highest BCUT2D eigenvalue weighted by molar-refractivity contribution is 5.77. The van der Waals surface area contributed by atoms with Crippen molar-refractivity contribution in [1.29, 1.82) is 0 Å². The van der Waals surface area contributed by atoms with Gasteiger partial charge >= 0.3 is 0 Å². The molecule has 20 heavy (non-hydrogen) atoms. The number of ether oxygens (including phenoxy) is 1. The lowest BCUT2D eigenvalue weighted by molar-refractivity contribution is -0.130. The molecule has 1 unspecified atom stereocenters. The Hall–Kier alpha value is -1.55. The van der Waals surface area contributed by atoms with Gasteiger partial charge in [-0.2, -0.15) is 0 Å². The first-order chi connectivity index (χ1) is 9.70. The second-order valence-corrected chi connectivity index (χ2v) is 5.35. The fourth-order valence-electron chi connectivity index (χ4n) is 2.64. The predicted molar refractivity (Wildman–Crippen MR) is 80.4 cm³/mol. The fraction of sp³-hybridized carbons (Fsp3) is 0.562. The number of para-hydroxylation sites is 1. The van der Waals surface area contributed by atoms with Gasteiger partial charge in [0.15, 0.2) is 0 Å². The highest BCUT2D eigenvalue weighted by atomic mass is 16.5. The average molecular weight is 276 g/mol. The third-order valence-corrected chi connectivity index (χ3v) is 3.86. The molecular weight excluding hydrogens is 252 g/mol. The van der Waals surface area contributed by atoms with Crippen LogP contribution in [0.25, 0.3) is 0 Å². The van der Waals surface area contributed by atoms with Gasteiger partial charge in [-0.05, 0) is 31.4 Å². The molecule has 1 aliphatic heterocycles. The number of amides is 1. The molecule has 1 aromatic rings. The molecular formula is C16H24N2O2. The number of benzene rings is 1. The zero-order chi connectivity index (χ0) is 14.4. The quantitative estimate of drug-likeness (QED) is 0.809. The molecule has 0 bridgehead atoms. The van der Waals surface area contributed by atoms with Crippen LogP contribution in [0.2, 0.25) is 0 Å². The summed E-state index contributed by atoms with van der Waals surface area (Å²) in [6.07, 6.45) is 2.31. The van der Waals surface area contributed by atoms with Crippen LogP contribution in [0.15, 0.2) is 24.3 Å². The Labute approximate surface area is 120 Å². The van der Waals surface area contributed by atoms with Crippen LogP contribution in [0.3, 0.4) is 0 Å². The molecule has 1 amide bonds.